The molecule has 2 rings (SSSR count). The zero-order valence-corrected chi connectivity index (χ0v) is 25.5. The zero-order valence-electron chi connectivity index (χ0n) is 25.5. The Hall–Kier alpha value is -2.48. The minimum absolute atomic E-state index is 0.0830. The van der Waals surface area contributed by atoms with E-state index in [9.17, 15) is 24.9 Å². The number of aliphatic hydroxyl groups excluding tert-OH is 3. The molecule has 2 heterocycles. The Morgan fingerprint density at radius 2 is 1.26 bits per heavy atom. The van der Waals surface area contributed by atoms with Gasteiger partial charge in [0.2, 0.25) is 0 Å². The molecule has 0 saturated heterocycles. The van der Waals surface area contributed by atoms with Crippen LogP contribution in [-0.4, -0.2) is 33.6 Å². The van der Waals surface area contributed by atoms with E-state index in [1.165, 1.54) is 0 Å². The number of hydrogen-bond donors (Lipinski definition) is 3. The SMILES string of the molecule is CCc1oc([C@@H](C)[C@@H](O)[C@H](C)[C@H](O)C(C)=C[C@@H](C)c2oc([C@@H](C)[C@H](O)CC)c(C)c(=O)c2C)c(C)c(=O)c1C. The monoisotopic (exact) mass is 544 g/mol. The van der Waals surface area contributed by atoms with E-state index in [-0.39, 0.29) is 22.7 Å². The maximum absolute atomic E-state index is 13.0. The van der Waals surface area contributed by atoms with E-state index in [1.54, 1.807) is 48.5 Å². The molecule has 0 fully saturated rings. The first-order chi connectivity index (χ1) is 18.1. The van der Waals surface area contributed by atoms with Crippen molar-refractivity contribution >= 4 is 0 Å². The highest BCUT2D eigenvalue weighted by Crippen LogP contribution is 2.32. The van der Waals surface area contributed by atoms with E-state index in [0.29, 0.717) is 63.7 Å². The average Bonchev–Trinajstić information content (AvgIpc) is 2.92. The maximum atomic E-state index is 13.0. The normalized spacial score (nSPS) is 17.8. The fraction of sp³-hybridized carbons (Fsp3) is 0.625. The average molecular weight is 545 g/mol. The van der Waals surface area contributed by atoms with Gasteiger partial charge in [0.15, 0.2) is 10.9 Å². The molecule has 3 N–H and O–H groups in total. The number of hydrogen-bond acceptors (Lipinski definition) is 7. The Morgan fingerprint density at radius 3 is 1.77 bits per heavy atom. The zero-order chi connectivity index (χ0) is 29.9. The third-order valence-electron chi connectivity index (χ3n) is 8.43. The molecule has 2 aromatic rings. The molecule has 0 spiro atoms. The van der Waals surface area contributed by atoms with Crippen molar-refractivity contribution in [3.05, 3.63) is 77.4 Å². The smallest absolute Gasteiger partial charge is 0.191 e. The van der Waals surface area contributed by atoms with Crippen LogP contribution in [0.15, 0.2) is 30.1 Å². The largest absolute Gasteiger partial charge is 0.465 e. The summed E-state index contributed by atoms with van der Waals surface area (Å²) >= 11 is 0. The van der Waals surface area contributed by atoms with Gasteiger partial charge in [-0.3, -0.25) is 9.59 Å². The molecule has 0 aliphatic rings. The second-order valence-corrected chi connectivity index (χ2v) is 11.3. The lowest BCUT2D eigenvalue weighted by Gasteiger charge is -2.30. The van der Waals surface area contributed by atoms with Gasteiger partial charge in [-0.15, -0.1) is 0 Å². The number of allylic oxidation sites excluding steroid dienone is 1. The Balaban J connectivity index is 2.38. The van der Waals surface area contributed by atoms with Crippen molar-refractivity contribution in [2.45, 2.75) is 125 Å². The van der Waals surface area contributed by atoms with Gasteiger partial charge in [0.1, 0.15) is 23.0 Å². The number of aliphatic hydroxyl groups is 3. The quantitative estimate of drug-likeness (QED) is 0.321. The van der Waals surface area contributed by atoms with Gasteiger partial charge >= 0.3 is 0 Å². The summed E-state index contributed by atoms with van der Waals surface area (Å²) in [6.07, 6.45) is 0.368. The summed E-state index contributed by atoms with van der Waals surface area (Å²) in [4.78, 5) is 25.7. The highest BCUT2D eigenvalue weighted by atomic mass is 16.3. The van der Waals surface area contributed by atoms with Gasteiger partial charge in [-0.1, -0.05) is 47.6 Å². The minimum Gasteiger partial charge on any atom is -0.465 e. The van der Waals surface area contributed by atoms with Gasteiger partial charge < -0.3 is 24.2 Å². The lowest BCUT2D eigenvalue weighted by molar-refractivity contribution is 0.0216. The summed E-state index contributed by atoms with van der Waals surface area (Å²) in [6.45, 7) is 19.8. The van der Waals surface area contributed by atoms with Crippen LogP contribution in [0.2, 0.25) is 0 Å². The van der Waals surface area contributed by atoms with Crippen LogP contribution in [-0.2, 0) is 6.42 Å². The molecule has 0 aliphatic carbocycles. The first kappa shape index (κ1) is 32.7. The van der Waals surface area contributed by atoms with Gasteiger partial charge in [0, 0.05) is 52.3 Å². The molecule has 0 bridgehead atoms. The summed E-state index contributed by atoms with van der Waals surface area (Å²) in [5, 5.41) is 32.8. The third-order valence-corrected chi connectivity index (χ3v) is 8.43. The summed E-state index contributed by atoms with van der Waals surface area (Å²) in [5.74, 6) is 0.278. The molecule has 0 aliphatic heterocycles. The van der Waals surface area contributed by atoms with Crippen LogP contribution in [0.1, 0.15) is 118 Å². The molecule has 7 nitrogen and oxygen atoms in total. The van der Waals surface area contributed by atoms with E-state index >= 15 is 0 Å². The topological polar surface area (TPSA) is 121 Å². The molecule has 7 heteroatoms. The summed E-state index contributed by atoms with van der Waals surface area (Å²) in [5.41, 5.74) is 2.49. The van der Waals surface area contributed by atoms with E-state index in [2.05, 4.69) is 0 Å². The van der Waals surface area contributed by atoms with E-state index < -0.39 is 30.1 Å². The van der Waals surface area contributed by atoms with Gasteiger partial charge in [0.05, 0.1) is 18.3 Å². The standard InChI is InChI=1S/C32H48O7/c1-12-24(33)17(5)31-23(11)29(37)20(8)30(39-31)16(4)14-15(3)26(34)19(7)28(36)22(10)32-21(9)27(35)18(6)25(13-2)38-32/h14,16-17,19,22,24,26,28,33-34,36H,12-13H2,1-11H3/t16-,17+,19-,22+,24-,26-,28+/m1/s1. The molecule has 39 heavy (non-hydrogen) atoms. The second kappa shape index (κ2) is 13.2. The van der Waals surface area contributed by atoms with Crippen LogP contribution >= 0.6 is 0 Å². The molecule has 0 aromatic carbocycles. The molecule has 218 valence electrons. The maximum Gasteiger partial charge on any atom is 0.191 e. The van der Waals surface area contributed by atoms with Crippen molar-refractivity contribution < 1.29 is 24.2 Å². The van der Waals surface area contributed by atoms with Crippen molar-refractivity contribution in [3.63, 3.8) is 0 Å². The molecular weight excluding hydrogens is 496 g/mol. The van der Waals surface area contributed by atoms with Crippen LogP contribution < -0.4 is 10.9 Å². The highest BCUT2D eigenvalue weighted by molar-refractivity contribution is 5.32. The first-order valence-corrected chi connectivity index (χ1v) is 14.1. The van der Waals surface area contributed by atoms with Crippen molar-refractivity contribution in [2.75, 3.05) is 0 Å². The Morgan fingerprint density at radius 1 is 0.769 bits per heavy atom. The summed E-state index contributed by atoms with van der Waals surface area (Å²) < 4.78 is 12.3. The summed E-state index contributed by atoms with van der Waals surface area (Å²) in [7, 11) is 0. The van der Waals surface area contributed by atoms with E-state index in [4.69, 9.17) is 8.83 Å². The van der Waals surface area contributed by atoms with Gasteiger partial charge in [-0.05, 0) is 46.6 Å². The Labute approximate surface area is 232 Å². The van der Waals surface area contributed by atoms with Gasteiger partial charge in [0.25, 0.3) is 0 Å². The lowest BCUT2D eigenvalue weighted by atomic mass is 9.83. The number of aryl methyl sites for hydroxylation is 1. The lowest BCUT2D eigenvalue weighted by Crippen LogP contribution is -2.35. The first-order valence-electron chi connectivity index (χ1n) is 14.1. The van der Waals surface area contributed by atoms with Gasteiger partial charge in [-0.2, -0.15) is 0 Å². The van der Waals surface area contributed by atoms with Crippen LogP contribution in [0.3, 0.4) is 0 Å². The second-order valence-electron chi connectivity index (χ2n) is 11.3. The van der Waals surface area contributed by atoms with E-state index in [0.717, 1.165) is 0 Å². The predicted molar refractivity (Wildman–Crippen MR) is 155 cm³/mol. The molecule has 0 saturated carbocycles. The number of rotatable bonds is 11. The molecular formula is C32H48O7. The fourth-order valence-corrected chi connectivity index (χ4v) is 5.53. The molecule has 0 radical (unpaired) electrons. The van der Waals surface area contributed by atoms with Crippen molar-refractivity contribution in [2.24, 2.45) is 5.92 Å². The van der Waals surface area contributed by atoms with Crippen LogP contribution in [0.25, 0.3) is 0 Å². The Bertz CT molecular complexity index is 1300. The summed E-state index contributed by atoms with van der Waals surface area (Å²) in [6, 6.07) is 0. The highest BCUT2D eigenvalue weighted by Gasteiger charge is 2.32. The molecule has 0 amide bonds. The fourth-order valence-electron chi connectivity index (χ4n) is 5.53. The Kier molecular flexibility index (Phi) is 11.1. The van der Waals surface area contributed by atoms with Gasteiger partial charge in [-0.25, -0.2) is 0 Å². The predicted octanol–water partition coefficient (Wildman–Crippen LogP) is 5.47. The third kappa shape index (κ3) is 6.64. The van der Waals surface area contributed by atoms with Crippen molar-refractivity contribution in [1.29, 1.82) is 0 Å². The molecule has 7 atom stereocenters. The molecule has 2 aromatic heterocycles. The van der Waals surface area contributed by atoms with Crippen LogP contribution in [0.4, 0.5) is 0 Å². The van der Waals surface area contributed by atoms with Crippen LogP contribution in [0.5, 0.6) is 0 Å². The minimum atomic E-state index is -0.981. The van der Waals surface area contributed by atoms with E-state index in [1.807, 2.05) is 33.8 Å². The molecule has 0 unspecified atom stereocenters. The van der Waals surface area contributed by atoms with Crippen molar-refractivity contribution in [3.8, 4) is 0 Å². The van der Waals surface area contributed by atoms with Crippen molar-refractivity contribution in [1.82, 2.24) is 0 Å². The van der Waals surface area contributed by atoms with Crippen LogP contribution in [0, 0.1) is 33.6 Å².